The number of alkyl halides is 3. The molecule has 3 rings (SSSR count). The summed E-state index contributed by atoms with van der Waals surface area (Å²) in [6, 6.07) is 7.84. The van der Waals surface area contributed by atoms with Crippen LogP contribution in [0, 0.1) is 17.1 Å². The van der Waals surface area contributed by atoms with Gasteiger partial charge in [0.15, 0.2) is 5.60 Å². The summed E-state index contributed by atoms with van der Waals surface area (Å²) in [5.74, 6) is -1.55. The fraction of sp³-hybridized carbons (Fsp3) is 0.190. The number of anilines is 1. The van der Waals surface area contributed by atoms with E-state index in [4.69, 9.17) is 10.5 Å². The number of nitrogens with zero attached hydrogens (tertiary/aromatic N) is 3. The second-order valence-corrected chi connectivity index (χ2v) is 7.22. The number of carbonyl (C=O) groups is 1. The number of nitrogens with one attached hydrogen (secondary N) is 1. The van der Waals surface area contributed by atoms with Crippen molar-refractivity contribution in [2.45, 2.75) is 25.2 Å². The van der Waals surface area contributed by atoms with Gasteiger partial charge in [-0.05, 0) is 43.3 Å². The lowest BCUT2D eigenvalue weighted by molar-refractivity contribution is -0.138. The summed E-state index contributed by atoms with van der Waals surface area (Å²) in [5.41, 5.74) is -3.43. The first-order valence-electron chi connectivity index (χ1n) is 9.07. The van der Waals surface area contributed by atoms with Crippen molar-refractivity contribution in [2.24, 2.45) is 5.16 Å². The number of nitriles is 1. The van der Waals surface area contributed by atoms with Crippen LogP contribution in [0.3, 0.4) is 0 Å². The standard InChI is InChI=1S/C21H16F4N4O3/c1-20(31,11-29-10-13(9-27-32)16-6-14(22)3-5-18(16)29)19(30)28-15-4-2-12(8-26)17(7-15)21(23,24)25/h2-7,9-10,31-32H,11H2,1H3,(H,28,30)/b27-9-/t20-/m0/s1. The number of fused-ring (bicyclic) bond motifs is 1. The van der Waals surface area contributed by atoms with Crippen LogP contribution in [0.15, 0.2) is 47.8 Å². The molecular formula is C21H16F4N4O3. The molecule has 7 nitrogen and oxygen atoms in total. The van der Waals surface area contributed by atoms with E-state index in [1.54, 1.807) is 0 Å². The number of rotatable bonds is 5. The van der Waals surface area contributed by atoms with Gasteiger partial charge in [-0.3, -0.25) is 4.79 Å². The zero-order valence-corrected chi connectivity index (χ0v) is 16.5. The van der Waals surface area contributed by atoms with Crippen LogP contribution in [-0.2, 0) is 17.5 Å². The Labute approximate surface area is 178 Å². The molecule has 32 heavy (non-hydrogen) atoms. The summed E-state index contributed by atoms with van der Waals surface area (Å²) in [6.45, 7) is 0.814. The van der Waals surface area contributed by atoms with Crippen LogP contribution in [0.25, 0.3) is 10.9 Å². The molecule has 166 valence electrons. The SMILES string of the molecule is C[C@](O)(Cn1cc(/C=N\O)c2cc(F)ccc21)C(=O)Nc1ccc(C#N)c(C(F)(F)F)c1. The van der Waals surface area contributed by atoms with Crippen molar-refractivity contribution in [2.75, 3.05) is 5.32 Å². The summed E-state index contributed by atoms with van der Waals surface area (Å²) in [7, 11) is 0. The first-order chi connectivity index (χ1) is 15.0. The summed E-state index contributed by atoms with van der Waals surface area (Å²) < 4.78 is 54.5. The van der Waals surface area contributed by atoms with E-state index < -0.39 is 34.6 Å². The van der Waals surface area contributed by atoms with Crippen LogP contribution in [-0.4, -0.2) is 32.6 Å². The molecule has 0 bridgehead atoms. The Morgan fingerprint density at radius 3 is 2.62 bits per heavy atom. The molecule has 0 aliphatic rings. The molecule has 0 spiro atoms. The second kappa shape index (κ2) is 8.32. The van der Waals surface area contributed by atoms with Crippen molar-refractivity contribution in [1.82, 2.24) is 4.57 Å². The molecule has 1 amide bonds. The van der Waals surface area contributed by atoms with E-state index in [0.29, 0.717) is 22.5 Å². The molecule has 1 aromatic heterocycles. The van der Waals surface area contributed by atoms with Crippen molar-refractivity contribution in [3.8, 4) is 6.07 Å². The van der Waals surface area contributed by atoms with Gasteiger partial charge < -0.3 is 20.2 Å². The fourth-order valence-corrected chi connectivity index (χ4v) is 3.22. The Balaban J connectivity index is 1.90. The summed E-state index contributed by atoms with van der Waals surface area (Å²) in [6.07, 6.45) is -2.32. The quantitative estimate of drug-likeness (QED) is 0.238. The normalized spacial score (nSPS) is 13.8. The second-order valence-electron chi connectivity index (χ2n) is 7.22. The van der Waals surface area contributed by atoms with Gasteiger partial charge in [0.1, 0.15) is 5.82 Å². The lowest BCUT2D eigenvalue weighted by atomic mass is 10.0. The number of carbonyl (C=O) groups excluding carboxylic acids is 1. The number of amides is 1. The Morgan fingerprint density at radius 1 is 1.28 bits per heavy atom. The number of halogens is 4. The number of aromatic nitrogens is 1. The molecule has 0 fully saturated rings. The van der Waals surface area contributed by atoms with Gasteiger partial charge in [0.25, 0.3) is 5.91 Å². The highest BCUT2D eigenvalue weighted by Crippen LogP contribution is 2.34. The predicted molar refractivity (Wildman–Crippen MR) is 107 cm³/mol. The van der Waals surface area contributed by atoms with Crippen molar-refractivity contribution < 1.29 is 32.7 Å². The number of aliphatic hydroxyl groups is 1. The van der Waals surface area contributed by atoms with Gasteiger partial charge >= 0.3 is 6.18 Å². The zero-order valence-electron chi connectivity index (χ0n) is 16.5. The maximum atomic E-state index is 13.6. The van der Waals surface area contributed by atoms with Crippen LogP contribution < -0.4 is 5.32 Å². The molecule has 3 aromatic rings. The van der Waals surface area contributed by atoms with Crippen molar-refractivity contribution in [1.29, 1.82) is 5.26 Å². The number of hydrogen-bond donors (Lipinski definition) is 3. The lowest BCUT2D eigenvalue weighted by Gasteiger charge is -2.24. The van der Waals surface area contributed by atoms with Gasteiger partial charge in [0.2, 0.25) is 0 Å². The van der Waals surface area contributed by atoms with E-state index in [1.807, 2.05) is 0 Å². The van der Waals surface area contributed by atoms with Crippen LogP contribution >= 0.6 is 0 Å². The van der Waals surface area contributed by atoms with Gasteiger partial charge in [-0.2, -0.15) is 18.4 Å². The van der Waals surface area contributed by atoms with E-state index in [9.17, 15) is 27.5 Å². The molecule has 2 aromatic carbocycles. The molecule has 3 N–H and O–H groups in total. The van der Waals surface area contributed by atoms with E-state index >= 15 is 0 Å². The number of benzene rings is 2. The maximum Gasteiger partial charge on any atom is 0.417 e. The highest BCUT2D eigenvalue weighted by atomic mass is 19.4. The smallest absolute Gasteiger partial charge is 0.411 e. The minimum Gasteiger partial charge on any atom is -0.411 e. The number of oxime groups is 1. The topological polar surface area (TPSA) is 111 Å². The number of hydrogen-bond acceptors (Lipinski definition) is 5. The first kappa shape index (κ1) is 22.8. The van der Waals surface area contributed by atoms with Crippen molar-refractivity contribution in [3.05, 3.63) is 65.1 Å². The van der Waals surface area contributed by atoms with Crippen LogP contribution in [0.1, 0.15) is 23.6 Å². The predicted octanol–water partition coefficient (Wildman–Crippen LogP) is 3.87. The summed E-state index contributed by atoms with van der Waals surface area (Å²) in [5, 5.41) is 33.9. The first-order valence-corrected chi connectivity index (χ1v) is 9.07. The van der Waals surface area contributed by atoms with E-state index in [2.05, 4.69) is 10.5 Å². The van der Waals surface area contributed by atoms with Gasteiger partial charge in [-0.1, -0.05) is 5.16 Å². The van der Waals surface area contributed by atoms with Crippen LogP contribution in [0.5, 0.6) is 0 Å². The third kappa shape index (κ3) is 4.55. The summed E-state index contributed by atoms with van der Waals surface area (Å²) in [4.78, 5) is 12.6. The molecule has 0 radical (unpaired) electrons. The Morgan fingerprint density at radius 2 is 2.00 bits per heavy atom. The Hall–Kier alpha value is -3.91. The van der Waals surface area contributed by atoms with Gasteiger partial charge in [-0.15, -0.1) is 0 Å². The summed E-state index contributed by atoms with van der Waals surface area (Å²) >= 11 is 0. The largest absolute Gasteiger partial charge is 0.417 e. The molecular weight excluding hydrogens is 432 g/mol. The molecule has 0 saturated heterocycles. The fourth-order valence-electron chi connectivity index (χ4n) is 3.22. The minimum absolute atomic E-state index is 0.255. The molecule has 11 heteroatoms. The minimum atomic E-state index is -4.81. The van der Waals surface area contributed by atoms with Crippen LogP contribution in [0.4, 0.5) is 23.2 Å². The third-order valence-corrected chi connectivity index (χ3v) is 4.74. The van der Waals surface area contributed by atoms with Gasteiger partial charge in [-0.25, -0.2) is 4.39 Å². The van der Waals surface area contributed by atoms with E-state index in [-0.39, 0.29) is 12.2 Å². The van der Waals surface area contributed by atoms with E-state index in [1.165, 1.54) is 35.0 Å². The molecule has 1 atom stereocenters. The Kier molecular flexibility index (Phi) is 5.92. The third-order valence-electron chi connectivity index (χ3n) is 4.74. The highest BCUT2D eigenvalue weighted by Gasteiger charge is 2.35. The molecule has 1 heterocycles. The average Bonchev–Trinajstić information content (AvgIpc) is 3.03. The van der Waals surface area contributed by atoms with Crippen molar-refractivity contribution >= 4 is 28.7 Å². The zero-order chi connectivity index (χ0) is 23.7. The van der Waals surface area contributed by atoms with Gasteiger partial charge in [0.05, 0.1) is 30.0 Å². The molecule has 0 saturated carbocycles. The lowest BCUT2D eigenvalue weighted by Crippen LogP contribution is -2.43. The van der Waals surface area contributed by atoms with E-state index in [0.717, 1.165) is 25.3 Å². The average molecular weight is 448 g/mol. The van der Waals surface area contributed by atoms with Crippen LogP contribution in [0.2, 0.25) is 0 Å². The van der Waals surface area contributed by atoms with Crippen molar-refractivity contribution in [3.63, 3.8) is 0 Å². The van der Waals surface area contributed by atoms with Gasteiger partial charge in [0, 0.05) is 28.4 Å². The molecule has 0 aliphatic heterocycles. The maximum absolute atomic E-state index is 13.6. The highest BCUT2D eigenvalue weighted by molar-refractivity contribution is 6.00. The molecule has 0 aliphatic carbocycles. The molecule has 0 unspecified atom stereocenters. The Bertz CT molecular complexity index is 1260. The monoisotopic (exact) mass is 448 g/mol.